The molecule has 0 aliphatic heterocycles. The van der Waals surface area contributed by atoms with Gasteiger partial charge in [0.05, 0.1) is 11.6 Å². The van der Waals surface area contributed by atoms with Crippen LogP contribution in [0.2, 0.25) is 0 Å². The van der Waals surface area contributed by atoms with Gasteiger partial charge in [-0.15, -0.1) is 0 Å². The monoisotopic (exact) mass is 306 g/mol. The van der Waals surface area contributed by atoms with Crippen molar-refractivity contribution in [2.45, 2.75) is 11.0 Å². The van der Waals surface area contributed by atoms with E-state index in [0.717, 1.165) is 0 Å². The van der Waals surface area contributed by atoms with E-state index >= 15 is 0 Å². The molecule has 0 saturated heterocycles. The average molecular weight is 307 g/mol. The van der Waals surface area contributed by atoms with Gasteiger partial charge in [-0.05, 0) is 0 Å². The molecule has 0 aromatic carbocycles. The zero-order chi connectivity index (χ0) is 15.4. The summed E-state index contributed by atoms with van der Waals surface area (Å²) in [6.45, 7) is -3.49. The van der Waals surface area contributed by atoms with Crippen LogP contribution in [0.4, 0.5) is 4.39 Å². The maximum absolute atomic E-state index is 13.1. The number of halogens is 2. The van der Waals surface area contributed by atoms with Crippen molar-refractivity contribution in [3.05, 3.63) is 40.5 Å². The molecule has 0 spiro atoms. The first-order valence-corrected chi connectivity index (χ1v) is 4.40. The highest BCUT2D eigenvalue weighted by molar-refractivity contribution is 6.21. The van der Waals surface area contributed by atoms with Crippen molar-refractivity contribution >= 4 is 11.6 Å². The third-order valence-electron chi connectivity index (χ3n) is 1.69. The number of hydrogen-bond donors (Lipinski definition) is 0. The van der Waals surface area contributed by atoms with Crippen molar-refractivity contribution in [1.82, 2.24) is 0 Å². The van der Waals surface area contributed by atoms with Gasteiger partial charge in [0, 0.05) is 0 Å². The van der Waals surface area contributed by atoms with E-state index in [4.69, 9.17) is 11.6 Å². The average Bonchev–Trinajstić information content (AvgIpc) is 2.27. The highest BCUT2D eigenvalue weighted by Gasteiger charge is 2.61. The summed E-state index contributed by atoms with van der Waals surface area (Å²) in [5.74, 6) is -4.29. The molecule has 108 valence electrons. The minimum atomic E-state index is -4.29. The predicted octanol–water partition coefficient (Wildman–Crippen LogP) is -0.374. The lowest BCUT2D eigenvalue weighted by Crippen LogP contribution is -2.49. The summed E-state index contributed by atoms with van der Waals surface area (Å²) in [7, 11) is 0. The fraction of sp³-hybridized carbons (Fsp3) is 1.00. The molecule has 0 aromatic heterocycles. The van der Waals surface area contributed by atoms with Gasteiger partial charge in [-0.25, -0.2) is 0 Å². The first kappa shape index (κ1) is 16.8. The van der Waals surface area contributed by atoms with Crippen molar-refractivity contribution in [1.29, 1.82) is 0 Å². The molecular formula is C4H4ClFN4O9. The molecule has 0 amide bonds. The van der Waals surface area contributed by atoms with Crippen LogP contribution >= 0.6 is 11.6 Å². The van der Waals surface area contributed by atoms with Crippen LogP contribution in [-0.4, -0.2) is 43.9 Å². The van der Waals surface area contributed by atoms with Crippen LogP contribution in [0.1, 0.15) is 0 Å². The Hall–Kier alpha value is -2.22. The quantitative estimate of drug-likeness (QED) is 0.190. The van der Waals surface area contributed by atoms with E-state index in [0.29, 0.717) is 0 Å². The first-order chi connectivity index (χ1) is 8.48. The summed E-state index contributed by atoms with van der Waals surface area (Å²) in [5, 5.41) is 37.3. The molecule has 0 aliphatic carbocycles. The molecule has 0 radical (unpaired) electrons. The lowest BCUT2D eigenvalue weighted by atomic mass is 10.5. The summed E-state index contributed by atoms with van der Waals surface area (Å²) in [5.41, 5.74) is 0. The topological polar surface area (TPSA) is 182 Å². The van der Waals surface area contributed by atoms with Crippen molar-refractivity contribution in [3.8, 4) is 0 Å². The Kier molecular flexibility index (Phi) is 4.96. The van der Waals surface area contributed by atoms with Gasteiger partial charge in [0.25, 0.3) is 0 Å². The molecule has 0 aliphatic rings. The SMILES string of the molecule is O=[N+]([O-])C(F)(COCC(Cl)([N+](=O)[O-])[N+](=O)[O-])[N+](=O)[O-]. The molecule has 0 fully saturated rings. The summed E-state index contributed by atoms with van der Waals surface area (Å²) in [6.07, 6.45) is 0. The molecule has 0 atom stereocenters. The zero-order valence-electron chi connectivity index (χ0n) is 8.63. The lowest BCUT2D eigenvalue weighted by molar-refractivity contribution is -0.834. The highest BCUT2D eigenvalue weighted by Crippen LogP contribution is 2.20. The van der Waals surface area contributed by atoms with Gasteiger partial charge in [-0.1, -0.05) is 4.39 Å². The highest BCUT2D eigenvalue weighted by atomic mass is 35.5. The number of rotatable bonds is 8. The molecule has 0 N–H and O–H groups in total. The second-order valence-electron chi connectivity index (χ2n) is 2.96. The molecule has 0 heterocycles. The zero-order valence-corrected chi connectivity index (χ0v) is 9.39. The maximum Gasteiger partial charge on any atom is 0.637 e. The Balaban J connectivity index is 4.84. The Labute approximate surface area is 106 Å². The molecule has 0 unspecified atom stereocenters. The Morgan fingerprint density at radius 2 is 1.26 bits per heavy atom. The Morgan fingerprint density at radius 3 is 1.53 bits per heavy atom. The van der Waals surface area contributed by atoms with Crippen LogP contribution in [0, 0.1) is 40.5 Å². The minimum absolute atomic E-state index is 1.60. The molecule has 0 rings (SSSR count). The van der Waals surface area contributed by atoms with Gasteiger partial charge in [0.15, 0.2) is 0 Å². The van der Waals surface area contributed by atoms with Crippen molar-refractivity contribution in [3.63, 3.8) is 0 Å². The number of ether oxygens (including phenoxy) is 1. The lowest BCUT2D eigenvalue weighted by Gasteiger charge is -2.11. The van der Waals surface area contributed by atoms with Gasteiger partial charge >= 0.3 is 11.0 Å². The van der Waals surface area contributed by atoms with Crippen molar-refractivity contribution < 1.29 is 28.8 Å². The van der Waals surface area contributed by atoms with Gasteiger partial charge in [-0.3, -0.25) is 40.5 Å². The summed E-state index contributed by atoms with van der Waals surface area (Å²) in [6, 6.07) is 0. The molecule has 19 heavy (non-hydrogen) atoms. The summed E-state index contributed by atoms with van der Waals surface area (Å²) < 4.78 is 17.0. The van der Waals surface area contributed by atoms with Crippen LogP contribution in [0.5, 0.6) is 0 Å². The number of nitrogens with zero attached hydrogens (tertiary/aromatic N) is 4. The molecule has 0 aromatic rings. The standard InChI is InChI=1S/C4H4ClFN4O9/c5-3(7(11)12,8(13)14)1-19-2-4(6,9(15)16)10(17)18/h1-2H2. The second-order valence-corrected chi connectivity index (χ2v) is 3.56. The third kappa shape index (κ3) is 3.38. The van der Waals surface area contributed by atoms with Crippen LogP contribution in [0.25, 0.3) is 0 Å². The van der Waals surface area contributed by atoms with Gasteiger partial charge in [0.1, 0.15) is 19.7 Å². The second kappa shape index (κ2) is 5.61. The van der Waals surface area contributed by atoms with E-state index in [1.807, 2.05) is 0 Å². The van der Waals surface area contributed by atoms with Crippen LogP contribution < -0.4 is 0 Å². The van der Waals surface area contributed by atoms with E-state index in [1.165, 1.54) is 0 Å². The fourth-order valence-corrected chi connectivity index (χ4v) is 0.732. The van der Waals surface area contributed by atoms with E-state index in [9.17, 15) is 44.8 Å². The predicted molar refractivity (Wildman–Crippen MR) is 51.2 cm³/mol. The van der Waals surface area contributed by atoms with E-state index < -0.39 is 43.9 Å². The number of hydrogen-bond acceptors (Lipinski definition) is 9. The molecular weight excluding hydrogens is 303 g/mol. The smallest absolute Gasteiger partial charge is 0.347 e. The molecule has 13 nitrogen and oxygen atoms in total. The maximum atomic E-state index is 13.1. The number of alkyl halides is 2. The fourth-order valence-electron chi connectivity index (χ4n) is 0.655. The van der Waals surface area contributed by atoms with Crippen molar-refractivity contribution in [2.24, 2.45) is 0 Å². The minimum Gasteiger partial charge on any atom is -0.347 e. The van der Waals surface area contributed by atoms with Gasteiger partial charge in [-0.2, -0.15) is 0 Å². The third-order valence-corrected chi connectivity index (χ3v) is 2.08. The molecule has 0 saturated carbocycles. The first-order valence-electron chi connectivity index (χ1n) is 4.02. The van der Waals surface area contributed by atoms with Gasteiger partial charge < -0.3 is 4.74 Å². The summed E-state index contributed by atoms with van der Waals surface area (Å²) in [4.78, 5) is 33.6. The molecule has 0 bridgehead atoms. The normalized spacial score (nSPS) is 11.9. The summed E-state index contributed by atoms with van der Waals surface area (Å²) >= 11 is 4.91. The van der Waals surface area contributed by atoms with Crippen LogP contribution in [0.15, 0.2) is 0 Å². The van der Waals surface area contributed by atoms with E-state index in [1.54, 1.807) is 0 Å². The number of nitro groups is 4. The Morgan fingerprint density at radius 1 is 0.895 bits per heavy atom. The van der Waals surface area contributed by atoms with Crippen LogP contribution in [-0.2, 0) is 4.74 Å². The van der Waals surface area contributed by atoms with E-state index in [-0.39, 0.29) is 0 Å². The Bertz CT molecular complexity index is 362. The van der Waals surface area contributed by atoms with E-state index in [2.05, 4.69) is 4.74 Å². The molecule has 15 heteroatoms. The van der Waals surface area contributed by atoms with Gasteiger partial charge in [0.2, 0.25) is 13.2 Å². The van der Waals surface area contributed by atoms with Crippen molar-refractivity contribution in [2.75, 3.05) is 13.2 Å². The van der Waals surface area contributed by atoms with Crippen LogP contribution in [0.3, 0.4) is 0 Å². The largest absolute Gasteiger partial charge is 0.637 e.